The highest BCUT2D eigenvalue weighted by atomic mass is 32.1. The number of morpholine rings is 1. The molecule has 0 aliphatic carbocycles. The molecule has 1 amide bonds. The fraction of sp³-hybridized carbons (Fsp3) is 0.444. The lowest BCUT2D eigenvalue weighted by molar-refractivity contribution is -0.144. The molecule has 5 nitrogen and oxygen atoms in total. The summed E-state index contributed by atoms with van der Waals surface area (Å²) in [6.07, 6.45) is 3.75. The molecular formula is C18H21N3O2S. The van der Waals surface area contributed by atoms with Crippen LogP contribution in [-0.4, -0.2) is 47.6 Å². The van der Waals surface area contributed by atoms with Crippen molar-refractivity contribution in [3.8, 4) is 0 Å². The number of aromatic nitrogens is 1. The van der Waals surface area contributed by atoms with Crippen molar-refractivity contribution in [2.75, 3.05) is 31.1 Å². The molecule has 126 valence electrons. The van der Waals surface area contributed by atoms with Gasteiger partial charge in [-0.3, -0.25) is 14.7 Å². The van der Waals surface area contributed by atoms with Crippen molar-refractivity contribution in [1.82, 2.24) is 9.88 Å². The molecule has 2 saturated heterocycles. The summed E-state index contributed by atoms with van der Waals surface area (Å²) in [5.41, 5.74) is 1.91. The maximum Gasteiger partial charge on any atom is 0.253 e. The Bertz CT molecular complexity index is 682. The maximum absolute atomic E-state index is 12.2. The van der Waals surface area contributed by atoms with Crippen LogP contribution < -0.4 is 4.90 Å². The van der Waals surface area contributed by atoms with E-state index < -0.39 is 0 Å². The van der Waals surface area contributed by atoms with E-state index >= 15 is 0 Å². The standard InChI is InChI=1S/C18H21N3O2S/c22-17-12-23-18(14-21(17)16-4-10-24-13-16)5-8-20(9-6-18)11-15-3-1-2-7-19-15/h1-4,7,10,13H,5-6,8-9,11-12,14H2. The molecule has 1 spiro atoms. The SMILES string of the molecule is O=C1COC2(CCN(Cc3ccccn3)CC2)CN1c1ccsc1. The van der Waals surface area contributed by atoms with Crippen molar-refractivity contribution < 1.29 is 9.53 Å². The van der Waals surface area contributed by atoms with E-state index in [0.717, 1.165) is 43.9 Å². The van der Waals surface area contributed by atoms with Crippen LogP contribution in [0.15, 0.2) is 41.2 Å². The molecule has 0 aromatic carbocycles. The fourth-order valence-corrected chi connectivity index (χ4v) is 4.14. The highest BCUT2D eigenvalue weighted by Crippen LogP contribution is 2.33. The molecule has 0 atom stereocenters. The number of hydrogen-bond donors (Lipinski definition) is 0. The summed E-state index contributed by atoms with van der Waals surface area (Å²) in [6.45, 7) is 3.69. The third-order valence-corrected chi connectivity index (χ3v) is 5.62. The number of hydrogen-bond acceptors (Lipinski definition) is 5. The number of thiophene rings is 1. The minimum absolute atomic E-state index is 0.0648. The van der Waals surface area contributed by atoms with Gasteiger partial charge in [-0.1, -0.05) is 6.07 Å². The molecule has 2 aromatic rings. The Hall–Kier alpha value is -1.76. The molecule has 2 aliphatic heterocycles. The summed E-state index contributed by atoms with van der Waals surface area (Å²) >= 11 is 1.62. The molecule has 24 heavy (non-hydrogen) atoms. The predicted molar refractivity (Wildman–Crippen MR) is 94.1 cm³/mol. The second-order valence-corrected chi connectivity index (χ2v) is 7.31. The summed E-state index contributed by atoms with van der Waals surface area (Å²) in [4.78, 5) is 20.9. The van der Waals surface area contributed by atoms with E-state index in [1.54, 1.807) is 11.3 Å². The predicted octanol–water partition coefficient (Wildman–Crippen LogP) is 2.54. The van der Waals surface area contributed by atoms with Crippen LogP contribution in [0.2, 0.25) is 0 Å². The first-order valence-electron chi connectivity index (χ1n) is 8.33. The number of rotatable bonds is 3. The molecule has 2 aromatic heterocycles. The van der Waals surface area contributed by atoms with E-state index in [1.165, 1.54) is 0 Å². The Morgan fingerprint density at radius 1 is 1.25 bits per heavy atom. The Morgan fingerprint density at radius 2 is 2.12 bits per heavy atom. The third-order valence-electron chi connectivity index (χ3n) is 4.95. The summed E-state index contributed by atoms with van der Waals surface area (Å²) in [7, 11) is 0. The van der Waals surface area contributed by atoms with Crippen LogP contribution in [0.5, 0.6) is 0 Å². The fourth-order valence-electron chi connectivity index (χ4n) is 3.50. The van der Waals surface area contributed by atoms with Gasteiger partial charge < -0.3 is 9.64 Å². The van der Waals surface area contributed by atoms with Crippen LogP contribution in [0.4, 0.5) is 5.69 Å². The van der Waals surface area contributed by atoms with Gasteiger partial charge in [0.25, 0.3) is 5.91 Å². The molecule has 4 rings (SSSR count). The van der Waals surface area contributed by atoms with Crippen molar-refractivity contribution in [3.05, 3.63) is 46.9 Å². The van der Waals surface area contributed by atoms with Crippen LogP contribution in [0.1, 0.15) is 18.5 Å². The van der Waals surface area contributed by atoms with Crippen molar-refractivity contribution in [3.63, 3.8) is 0 Å². The molecule has 0 bridgehead atoms. The minimum Gasteiger partial charge on any atom is -0.363 e. The molecule has 6 heteroatoms. The first-order valence-corrected chi connectivity index (χ1v) is 9.27. The summed E-state index contributed by atoms with van der Waals surface area (Å²) < 4.78 is 6.02. The molecule has 0 N–H and O–H groups in total. The zero-order chi connectivity index (χ0) is 16.4. The van der Waals surface area contributed by atoms with Crippen LogP contribution >= 0.6 is 11.3 Å². The summed E-state index contributed by atoms with van der Waals surface area (Å²) in [5, 5.41) is 4.05. The number of ether oxygens (including phenoxy) is 1. The van der Waals surface area contributed by atoms with E-state index in [2.05, 4.69) is 16.0 Å². The van der Waals surface area contributed by atoms with Gasteiger partial charge in [0.05, 0.1) is 23.5 Å². The quantitative estimate of drug-likeness (QED) is 0.859. The number of nitrogens with zero attached hydrogens (tertiary/aromatic N) is 3. The van der Waals surface area contributed by atoms with Gasteiger partial charge in [0.1, 0.15) is 6.61 Å². The third kappa shape index (κ3) is 3.22. The molecule has 2 aliphatic rings. The summed E-state index contributed by atoms with van der Waals surface area (Å²) in [6, 6.07) is 8.05. The van der Waals surface area contributed by atoms with Gasteiger partial charge in [-0.2, -0.15) is 11.3 Å². The van der Waals surface area contributed by atoms with Crippen molar-refractivity contribution in [2.45, 2.75) is 25.0 Å². The number of amides is 1. The average Bonchev–Trinajstić information content (AvgIpc) is 3.15. The number of piperidine rings is 1. The van der Waals surface area contributed by atoms with Crippen LogP contribution in [-0.2, 0) is 16.1 Å². The molecule has 0 saturated carbocycles. The molecule has 2 fully saturated rings. The monoisotopic (exact) mass is 343 g/mol. The van der Waals surface area contributed by atoms with Crippen molar-refractivity contribution in [2.24, 2.45) is 0 Å². The van der Waals surface area contributed by atoms with Gasteiger partial charge >= 0.3 is 0 Å². The van der Waals surface area contributed by atoms with Crippen molar-refractivity contribution >= 4 is 22.9 Å². The Kier molecular flexibility index (Phi) is 4.35. The molecule has 4 heterocycles. The Morgan fingerprint density at radius 3 is 2.83 bits per heavy atom. The largest absolute Gasteiger partial charge is 0.363 e. The van der Waals surface area contributed by atoms with Gasteiger partial charge in [-0.05, 0) is 36.4 Å². The van der Waals surface area contributed by atoms with E-state index in [4.69, 9.17) is 4.74 Å². The van der Waals surface area contributed by atoms with Gasteiger partial charge in [0, 0.05) is 31.2 Å². The highest BCUT2D eigenvalue weighted by Gasteiger charge is 2.42. The normalized spacial score (nSPS) is 21.3. The Balaban J connectivity index is 1.40. The first kappa shape index (κ1) is 15.7. The molecule has 0 radical (unpaired) electrons. The van der Waals surface area contributed by atoms with Gasteiger partial charge in [-0.15, -0.1) is 0 Å². The van der Waals surface area contributed by atoms with E-state index in [-0.39, 0.29) is 18.1 Å². The topological polar surface area (TPSA) is 45.7 Å². The molecular weight excluding hydrogens is 322 g/mol. The second kappa shape index (κ2) is 6.63. The number of anilines is 1. The lowest BCUT2D eigenvalue weighted by Gasteiger charge is -2.46. The number of carbonyl (C=O) groups is 1. The van der Waals surface area contributed by atoms with Crippen molar-refractivity contribution in [1.29, 1.82) is 0 Å². The molecule has 0 unspecified atom stereocenters. The van der Waals surface area contributed by atoms with E-state index in [9.17, 15) is 4.79 Å². The number of pyridine rings is 1. The lowest BCUT2D eigenvalue weighted by atomic mass is 9.89. The zero-order valence-electron chi connectivity index (χ0n) is 13.6. The summed E-state index contributed by atoms with van der Waals surface area (Å²) in [5.74, 6) is 0.0648. The Labute approximate surface area is 145 Å². The number of carbonyl (C=O) groups excluding carboxylic acids is 1. The average molecular weight is 343 g/mol. The second-order valence-electron chi connectivity index (χ2n) is 6.53. The van der Waals surface area contributed by atoms with E-state index in [1.807, 2.05) is 40.1 Å². The van der Waals surface area contributed by atoms with Crippen LogP contribution in [0.3, 0.4) is 0 Å². The van der Waals surface area contributed by atoms with Gasteiger partial charge in [0.15, 0.2) is 0 Å². The van der Waals surface area contributed by atoms with Gasteiger partial charge in [-0.25, -0.2) is 0 Å². The highest BCUT2D eigenvalue weighted by molar-refractivity contribution is 7.08. The van der Waals surface area contributed by atoms with Crippen LogP contribution in [0, 0.1) is 0 Å². The maximum atomic E-state index is 12.2. The smallest absolute Gasteiger partial charge is 0.253 e. The minimum atomic E-state index is -0.198. The lowest BCUT2D eigenvalue weighted by Crippen LogP contribution is -2.58. The number of likely N-dealkylation sites (tertiary alicyclic amines) is 1. The van der Waals surface area contributed by atoms with Gasteiger partial charge in [0.2, 0.25) is 0 Å². The van der Waals surface area contributed by atoms with Crippen LogP contribution in [0.25, 0.3) is 0 Å². The van der Waals surface area contributed by atoms with E-state index in [0.29, 0.717) is 6.54 Å². The first-order chi connectivity index (χ1) is 11.7. The zero-order valence-corrected chi connectivity index (χ0v) is 14.4.